The predicted octanol–water partition coefficient (Wildman–Crippen LogP) is 7.43. The zero-order chi connectivity index (χ0) is 36.7. The second kappa shape index (κ2) is 30.7. The van der Waals surface area contributed by atoms with Crippen LogP contribution in [0.25, 0.3) is 0 Å². The lowest BCUT2D eigenvalue weighted by molar-refractivity contribution is -0.121. The molecule has 12 heteroatoms. The molecule has 3 atom stereocenters. The van der Waals surface area contributed by atoms with Gasteiger partial charge in [-0.3, -0.25) is 9.36 Å². The van der Waals surface area contributed by atoms with Gasteiger partial charge in [-0.25, -0.2) is 14.3 Å². The smallest absolute Gasteiger partial charge is 0.349 e. The van der Waals surface area contributed by atoms with Crippen LogP contribution in [0.2, 0.25) is 0 Å². The third kappa shape index (κ3) is 24.2. The fourth-order valence-corrected chi connectivity index (χ4v) is 5.24. The number of likely N-dealkylation sites (N-methyl/N-ethyl adjacent to an activating group) is 1. The van der Waals surface area contributed by atoms with Crippen LogP contribution in [0.5, 0.6) is 0 Å². The molecule has 3 unspecified atom stereocenters. The Labute approximate surface area is 301 Å². The van der Waals surface area contributed by atoms with Crippen molar-refractivity contribution in [2.75, 3.05) is 53.6 Å². The monoisotopic (exact) mass is 717 g/mol. The zero-order valence-corrected chi connectivity index (χ0v) is 31.7. The highest BCUT2D eigenvalue weighted by molar-refractivity contribution is 7.44. The molecule has 1 rings (SSSR count). The first-order chi connectivity index (χ1) is 24.3. The van der Waals surface area contributed by atoms with Crippen LogP contribution >= 0.6 is 8.53 Å². The summed E-state index contributed by atoms with van der Waals surface area (Å²) < 4.78 is 31.7. The molecular formula is C38H61FN5O5P. The van der Waals surface area contributed by atoms with Crippen LogP contribution in [-0.4, -0.2) is 80.1 Å². The summed E-state index contributed by atoms with van der Waals surface area (Å²) in [6.07, 6.45) is 33.0. The number of aromatic nitrogens is 2. The number of ether oxygens (including phenoxy) is 1. The summed E-state index contributed by atoms with van der Waals surface area (Å²) in [5.74, 6) is 0.0369. The Morgan fingerprint density at radius 2 is 1.52 bits per heavy atom. The molecule has 280 valence electrons. The fourth-order valence-electron chi connectivity index (χ4n) is 4.33. The number of halogens is 1. The number of nitrogens with zero attached hydrogens (tertiary/aromatic N) is 3. The summed E-state index contributed by atoms with van der Waals surface area (Å²) in [5, 5.41) is 6.15. The van der Waals surface area contributed by atoms with Crippen LogP contribution in [0, 0.1) is 6.92 Å². The molecule has 2 N–H and O–H groups in total. The molecule has 0 aliphatic rings. The van der Waals surface area contributed by atoms with Gasteiger partial charge < -0.3 is 24.0 Å². The number of amides is 1. The standard InChI is InChI=1S/C38H61FN5O5P/c1-6-7-8-9-10-11-12-13-14-15-16-17-18-19-20-21-22-23-24-25-37(45)40-27-30-43(4)31-28-41-50(47-5)48-33-36(32-39)49-35(3)44-29-26-34(2)42-38(44)46/h7-8,10-11,13-14,16-17,19-20,22-23,26,29,35-36,41H,6,9,12,15,18,21,24-25,27-28,30-33H2,1-5H3,(H,40,45)/b8-7-,11-10-,14-13-,17-16-,20-19-,23-22-. The zero-order valence-electron chi connectivity index (χ0n) is 30.8. The maximum atomic E-state index is 13.6. The van der Waals surface area contributed by atoms with E-state index in [9.17, 15) is 14.0 Å². The highest BCUT2D eigenvalue weighted by Gasteiger charge is 2.19. The van der Waals surface area contributed by atoms with Gasteiger partial charge >= 0.3 is 5.69 Å². The van der Waals surface area contributed by atoms with Crippen molar-refractivity contribution in [2.45, 2.75) is 84.5 Å². The van der Waals surface area contributed by atoms with Gasteiger partial charge in [0.15, 0.2) is 0 Å². The third-order valence-electron chi connectivity index (χ3n) is 7.15. The van der Waals surface area contributed by atoms with Crippen molar-refractivity contribution >= 4 is 14.4 Å². The first-order valence-electron chi connectivity index (χ1n) is 17.6. The number of allylic oxidation sites excluding steroid dienone is 12. The average Bonchev–Trinajstić information content (AvgIpc) is 3.09. The normalized spacial score (nSPS) is 14.5. The van der Waals surface area contributed by atoms with E-state index in [-0.39, 0.29) is 12.5 Å². The van der Waals surface area contributed by atoms with E-state index in [1.807, 2.05) is 7.05 Å². The van der Waals surface area contributed by atoms with Crippen LogP contribution in [-0.2, 0) is 18.6 Å². The number of aryl methyl sites for hydroxylation is 1. The third-order valence-corrected chi connectivity index (χ3v) is 8.35. The molecule has 0 saturated heterocycles. The van der Waals surface area contributed by atoms with Gasteiger partial charge in [0, 0.05) is 51.6 Å². The highest BCUT2D eigenvalue weighted by atomic mass is 31.2. The molecule has 50 heavy (non-hydrogen) atoms. The number of hydrogen-bond donors (Lipinski definition) is 2. The van der Waals surface area contributed by atoms with Gasteiger partial charge in [0.2, 0.25) is 5.91 Å². The number of alkyl halides is 1. The molecule has 0 bridgehead atoms. The van der Waals surface area contributed by atoms with Crippen LogP contribution in [0.4, 0.5) is 4.39 Å². The fraction of sp³-hybridized carbons (Fsp3) is 0.553. The van der Waals surface area contributed by atoms with Crippen LogP contribution in [0.3, 0.4) is 0 Å². The van der Waals surface area contributed by atoms with Crippen molar-refractivity contribution in [3.05, 3.63) is 101 Å². The minimum absolute atomic E-state index is 0.0369. The van der Waals surface area contributed by atoms with Crippen molar-refractivity contribution in [1.29, 1.82) is 0 Å². The van der Waals surface area contributed by atoms with Gasteiger partial charge in [0.05, 0.1) is 6.61 Å². The number of carbonyl (C=O) groups is 1. The van der Waals surface area contributed by atoms with E-state index in [1.54, 1.807) is 26.1 Å². The molecular weight excluding hydrogens is 656 g/mol. The maximum Gasteiger partial charge on any atom is 0.349 e. The van der Waals surface area contributed by atoms with Gasteiger partial charge in [-0.15, -0.1) is 0 Å². The summed E-state index contributed by atoms with van der Waals surface area (Å²) in [6.45, 7) is 7.24. The van der Waals surface area contributed by atoms with E-state index in [2.05, 4.69) is 100 Å². The lowest BCUT2D eigenvalue weighted by Gasteiger charge is -2.24. The van der Waals surface area contributed by atoms with Crippen molar-refractivity contribution in [2.24, 2.45) is 0 Å². The molecule has 0 fully saturated rings. The Morgan fingerprint density at radius 1 is 0.960 bits per heavy atom. The van der Waals surface area contributed by atoms with Crippen LogP contribution in [0.1, 0.15) is 77.1 Å². The summed E-state index contributed by atoms with van der Waals surface area (Å²) in [6, 6.07) is 1.69. The molecule has 0 spiro atoms. The molecule has 1 heterocycles. The molecule has 0 aliphatic carbocycles. The Kier molecular flexibility index (Phi) is 27.7. The lowest BCUT2D eigenvalue weighted by atomic mass is 10.2. The number of nitrogens with one attached hydrogen (secondary N) is 2. The minimum atomic E-state index is -1.46. The molecule has 0 saturated carbocycles. The summed E-state index contributed by atoms with van der Waals surface area (Å²) >= 11 is 0. The highest BCUT2D eigenvalue weighted by Crippen LogP contribution is 2.32. The Morgan fingerprint density at radius 3 is 2.06 bits per heavy atom. The van der Waals surface area contributed by atoms with Crippen molar-refractivity contribution in [3.63, 3.8) is 0 Å². The first kappa shape index (κ1) is 45.0. The molecule has 1 aromatic rings. The number of carbonyl (C=O) groups excluding carboxylic acids is 1. The molecule has 0 aliphatic heterocycles. The summed E-state index contributed by atoms with van der Waals surface area (Å²) in [5.41, 5.74) is 0.144. The number of hydrogen-bond acceptors (Lipinski definition) is 8. The molecule has 0 radical (unpaired) electrons. The second-order valence-corrected chi connectivity index (χ2v) is 13.0. The summed E-state index contributed by atoms with van der Waals surface area (Å²) in [7, 11) is 2.03. The first-order valence-corrected chi connectivity index (χ1v) is 18.8. The van der Waals surface area contributed by atoms with E-state index in [0.717, 1.165) is 38.5 Å². The largest absolute Gasteiger partial charge is 0.355 e. The molecule has 1 amide bonds. The summed E-state index contributed by atoms with van der Waals surface area (Å²) in [4.78, 5) is 30.2. The van der Waals surface area contributed by atoms with E-state index < -0.39 is 33.2 Å². The van der Waals surface area contributed by atoms with Crippen LogP contribution in [0.15, 0.2) is 90.0 Å². The Bertz CT molecular complexity index is 1270. The van der Waals surface area contributed by atoms with E-state index >= 15 is 0 Å². The topological polar surface area (TPSA) is 107 Å². The van der Waals surface area contributed by atoms with Crippen molar-refractivity contribution in [3.8, 4) is 0 Å². The van der Waals surface area contributed by atoms with E-state index in [0.29, 0.717) is 44.7 Å². The van der Waals surface area contributed by atoms with Crippen molar-refractivity contribution < 1.29 is 23.0 Å². The van der Waals surface area contributed by atoms with Gasteiger partial charge in [0.25, 0.3) is 8.53 Å². The molecule has 10 nitrogen and oxygen atoms in total. The average molecular weight is 718 g/mol. The van der Waals surface area contributed by atoms with Gasteiger partial charge in [-0.1, -0.05) is 79.8 Å². The Balaban J connectivity index is 2.10. The maximum absolute atomic E-state index is 13.6. The van der Waals surface area contributed by atoms with Crippen molar-refractivity contribution in [1.82, 2.24) is 24.9 Å². The number of rotatable bonds is 29. The van der Waals surface area contributed by atoms with Crippen LogP contribution < -0.4 is 16.1 Å². The van der Waals surface area contributed by atoms with Gasteiger partial charge in [-0.05, 0) is 71.9 Å². The lowest BCUT2D eigenvalue weighted by Crippen LogP contribution is -2.35. The predicted molar refractivity (Wildman–Crippen MR) is 205 cm³/mol. The van der Waals surface area contributed by atoms with E-state index in [4.69, 9.17) is 13.8 Å². The van der Waals surface area contributed by atoms with Gasteiger partial charge in [0.1, 0.15) is 19.0 Å². The quantitative estimate of drug-likeness (QED) is 0.0652. The molecule has 0 aromatic carbocycles. The second-order valence-electron chi connectivity index (χ2n) is 11.5. The van der Waals surface area contributed by atoms with E-state index in [1.165, 1.54) is 11.7 Å². The van der Waals surface area contributed by atoms with Gasteiger partial charge in [-0.2, -0.15) is 4.98 Å². The minimum Gasteiger partial charge on any atom is -0.355 e. The Hall–Kier alpha value is -3.05. The molecule has 1 aromatic heterocycles. The SMILES string of the molecule is CC/C=C\C/C=C\C/C=C\C/C=C\C/C=C\C/C=C\CCC(=O)NCCN(C)CCNP(OC)OCC(CF)OC(C)n1ccc(C)nc1=O.